The van der Waals surface area contributed by atoms with Gasteiger partial charge in [-0.25, -0.2) is 0 Å². The molecule has 1 saturated heterocycles. The van der Waals surface area contributed by atoms with Crippen molar-refractivity contribution in [1.29, 1.82) is 0 Å². The van der Waals surface area contributed by atoms with Gasteiger partial charge in [0.1, 0.15) is 0 Å². The number of aliphatic carboxylic acids is 1. The Morgan fingerprint density at radius 3 is 2.64 bits per heavy atom. The molecule has 1 aliphatic rings. The van der Waals surface area contributed by atoms with Gasteiger partial charge in [0.25, 0.3) is 0 Å². The molecule has 14 heavy (non-hydrogen) atoms. The molecule has 0 radical (unpaired) electrons. The van der Waals surface area contributed by atoms with Crippen LogP contribution in [0.4, 0.5) is 0 Å². The first-order chi connectivity index (χ1) is 6.54. The number of nitroso groups, excluding NO2 is 1. The molecule has 1 rings (SSSR count). The van der Waals surface area contributed by atoms with E-state index in [0.29, 0.717) is 12.5 Å². The third kappa shape index (κ3) is 2.43. The van der Waals surface area contributed by atoms with Crippen LogP contribution in [0, 0.1) is 22.7 Å². The van der Waals surface area contributed by atoms with Crippen LogP contribution in [0.5, 0.6) is 0 Å². The van der Waals surface area contributed by atoms with E-state index in [0.717, 1.165) is 6.42 Å². The first-order valence-corrected chi connectivity index (χ1v) is 4.85. The Bertz CT molecular complexity index is 230. The van der Waals surface area contributed by atoms with Crippen molar-refractivity contribution in [2.45, 2.75) is 20.3 Å². The van der Waals surface area contributed by atoms with Crippen LogP contribution < -0.4 is 0 Å². The Hall–Kier alpha value is -1.13. The van der Waals surface area contributed by atoms with Crippen LogP contribution in [0.3, 0.4) is 0 Å². The average molecular weight is 200 g/mol. The smallest absolute Gasteiger partial charge is 0.308 e. The van der Waals surface area contributed by atoms with Gasteiger partial charge in [-0.05, 0) is 18.3 Å². The van der Waals surface area contributed by atoms with Crippen molar-refractivity contribution in [3.63, 3.8) is 0 Å². The van der Waals surface area contributed by atoms with Crippen LogP contribution in [-0.4, -0.2) is 29.2 Å². The highest BCUT2D eigenvalue weighted by molar-refractivity contribution is 5.71. The maximum Gasteiger partial charge on any atom is 0.308 e. The largest absolute Gasteiger partial charge is 0.481 e. The lowest BCUT2D eigenvalue weighted by atomic mass is 9.88. The van der Waals surface area contributed by atoms with E-state index in [4.69, 9.17) is 5.11 Å². The van der Waals surface area contributed by atoms with Gasteiger partial charge < -0.3 is 5.11 Å². The Morgan fingerprint density at radius 1 is 1.57 bits per heavy atom. The lowest BCUT2D eigenvalue weighted by molar-refractivity contribution is -0.142. The molecular weight excluding hydrogens is 184 g/mol. The minimum Gasteiger partial charge on any atom is -0.481 e. The SMILES string of the molecule is CC(C)CC1CN(N=O)CC1C(=O)O. The first-order valence-electron chi connectivity index (χ1n) is 4.85. The molecule has 2 unspecified atom stereocenters. The molecule has 0 aromatic rings. The number of rotatable bonds is 4. The minimum atomic E-state index is -0.818. The molecule has 5 heteroatoms. The normalized spacial score (nSPS) is 26.9. The molecule has 0 aromatic carbocycles. The molecular formula is C9H16N2O3. The summed E-state index contributed by atoms with van der Waals surface area (Å²) in [5.74, 6) is -0.740. The van der Waals surface area contributed by atoms with Crippen molar-refractivity contribution >= 4 is 5.97 Å². The van der Waals surface area contributed by atoms with Gasteiger partial charge in [0, 0.05) is 6.54 Å². The van der Waals surface area contributed by atoms with E-state index in [1.807, 2.05) is 0 Å². The fourth-order valence-electron chi connectivity index (χ4n) is 2.04. The standard InChI is InChI=1S/C9H16N2O3/c1-6(2)3-7-4-11(10-14)5-8(7)9(12)13/h6-8H,3-5H2,1-2H3,(H,12,13). The molecule has 1 heterocycles. The number of hydrogen-bond acceptors (Lipinski definition) is 3. The second kappa shape index (κ2) is 4.39. The predicted molar refractivity (Wildman–Crippen MR) is 51.4 cm³/mol. The Labute approximate surface area is 83.0 Å². The lowest BCUT2D eigenvalue weighted by Crippen LogP contribution is -2.23. The molecule has 0 aromatic heterocycles. The summed E-state index contributed by atoms with van der Waals surface area (Å²) in [7, 11) is 0. The van der Waals surface area contributed by atoms with Crippen molar-refractivity contribution < 1.29 is 9.90 Å². The summed E-state index contributed by atoms with van der Waals surface area (Å²) >= 11 is 0. The van der Waals surface area contributed by atoms with Gasteiger partial charge in [-0.2, -0.15) is 0 Å². The van der Waals surface area contributed by atoms with E-state index in [-0.39, 0.29) is 12.5 Å². The first kappa shape index (κ1) is 10.9. The summed E-state index contributed by atoms with van der Waals surface area (Å²) in [4.78, 5) is 21.2. The zero-order valence-corrected chi connectivity index (χ0v) is 8.51. The second-order valence-electron chi connectivity index (χ2n) is 4.29. The second-order valence-corrected chi connectivity index (χ2v) is 4.29. The van der Waals surface area contributed by atoms with Gasteiger partial charge in [-0.1, -0.05) is 13.8 Å². The quantitative estimate of drug-likeness (QED) is 0.695. The topological polar surface area (TPSA) is 70.0 Å². The zero-order chi connectivity index (χ0) is 10.7. The summed E-state index contributed by atoms with van der Waals surface area (Å²) in [6.45, 7) is 4.85. The molecule has 80 valence electrons. The van der Waals surface area contributed by atoms with E-state index < -0.39 is 11.9 Å². The van der Waals surface area contributed by atoms with E-state index in [9.17, 15) is 9.70 Å². The number of carboxylic acid groups (broad SMARTS) is 1. The minimum absolute atomic E-state index is 0.0604. The Kier molecular flexibility index (Phi) is 3.43. The van der Waals surface area contributed by atoms with Gasteiger partial charge in [0.2, 0.25) is 0 Å². The predicted octanol–water partition coefficient (Wildman–Crippen LogP) is 1.35. The maximum atomic E-state index is 10.9. The van der Waals surface area contributed by atoms with Crippen LogP contribution in [0.1, 0.15) is 20.3 Å². The summed E-state index contributed by atoms with van der Waals surface area (Å²) in [6.07, 6.45) is 0.836. The monoisotopic (exact) mass is 200 g/mol. The van der Waals surface area contributed by atoms with Crippen molar-refractivity contribution in [3.05, 3.63) is 4.91 Å². The van der Waals surface area contributed by atoms with Gasteiger partial charge in [-0.15, -0.1) is 4.91 Å². The van der Waals surface area contributed by atoms with Crippen LogP contribution in [-0.2, 0) is 4.79 Å². The number of carbonyl (C=O) groups is 1. The Balaban J connectivity index is 2.62. The third-order valence-electron chi connectivity index (χ3n) is 2.63. The lowest BCUT2D eigenvalue weighted by Gasteiger charge is -2.15. The van der Waals surface area contributed by atoms with E-state index in [1.165, 1.54) is 5.01 Å². The summed E-state index contributed by atoms with van der Waals surface area (Å²) in [6, 6.07) is 0. The summed E-state index contributed by atoms with van der Waals surface area (Å²) < 4.78 is 0. The average Bonchev–Trinajstić information content (AvgIpc) is 2.46. The van der Waals surface area contributed by atoms with E-state index in [1.54, 1.807) is 0 Å². The van der Waals surface area contributed by atoms with Crippen LogP contribution in [0.15, 0.2) is 5.29 Å². The number of carboxylic acids is 1. The molecule has 0 bridgehead atoms. The highest BCUT2D eigenvalue weighted by Gasteiger charge is 2.37. The van der Waals surface area contributed by atoms with Gasteiger partial charge in [0.05, 0.1) is 17.7 Å². The van der Waals surface area contributed by atoms with Gasteiger partial charge in [-0.3, -0.25) is 9.80 Å². The molecule has 0 aliphatic carbocycles. The van der Waals surface area contributed by atoms with Crippen molar-refractivity contribution in [1.82, 2.24) is 5.01 Å². The highest BCUT2D eigenvalue weighted by atomic mass is 16.4. The third-order valence-corrected chi connectivity index (χ3v) is 2.63. The van der Waals surface area contributed by atoms with Crippen LogP contribution >= 0.6 is 0 Å². The van der Waals surface area contributed by atoms with Crippen molar-refractivity contribution in [2.24, 2.45) is 23.0 Å². The molecule has 2 atom stereocenters. The molecule has 0 spiro atoms. The Morgan fingerprint density at radius 2 is 2.21 bits per heavy atom. The summed E-state index contributed by atoms with van der Waals surface area (Å²) in [5, 5.41) is 13.0. The maximum absolute atomic E-state index is 10.9. The van der Waals surface area contributed by atoms with Gasteiger partial charge >= 0.3 is 5.97 Å². The van der Waals surface area contributed by atoms with Gasteiger partial charge in [0.15, 0.2) is 0 Å². The summed E-state index contributed by atoms with van der Waals surface area (Å²) in [5.41, 5.74) is 0. The zero-order valence-electron chi connectivity index (χ0n) is 8.51. The van der Waals surface area contributed by atoms with Crippen LogP contribution in [0.2, 0.25) is 0 Å². The van der Waals surface area contributed by atoms with Crippen molar-refractivity contribution in [3.8, 4) is 0 Å². The molecule has 0 amide bonds. The molecule has 1 N–H and O–H groups in total. The van der Waals surface area contributed by atoms with Crippen molar-refractivity contribution in [2.75, 3.05) is 13.1 Å². The van der Waals surface area contributed by atoms with Crippen LogP contribution in [0.25, 0.3) is 0 Å². The molecule has 1 fully saturated rings. The molecule has 1 aliphatic heterocycles. The number of nitrogens with zero attached hydrogens (tertiary/aromatic N) is 2. The fourth-order valence-corrected chi connectivity index (χ4v) is 2.04. The molecule has 0 saturated carbocycles. The van der Waals surface area contributed by atoms with E-state index >= 15 is 0 Å². The van der Waals surface area contributed by atoms with E-state index in [2.05, 4.69) is 19.1 Å². The number of hydrogen-bond donors (Lipinski definition) is 1. The molecule has 5 nitrogen and oxygen atoms in total. The fraction of sp³-hybridized carbons (Fsp3) is 0.889. The highest BCUT2D eigenvalue weighted by Crippen LogP contribution is 2.29.